The van der Waals surface area contributed by atoms with Gasteiger partial charge in [-0.15, -0.1) is 0 Å². The van der Waals surface area contributed by atoms with E-state index in [0.717, 1.165) is 11.1 Å². The lowest BCUT2D eigenvalue weighted by molar-refractivity contribution is -0.122. The van der Waals surface area contributed by atoms with Gasteiger partial charge in [0, 0.05) is 6.07 Å². The maximum Gasteiger partial charge on any atom is 0.266 e. The first-order chi connectivity index (χ1) is 11.2. The largest absolute Gasteiger partial charge is 0.481 e. The molecule has 0 aliphatic carbocycles. The summed E-state index contributed by atoms with van der Waals surface area (Å²) >= 11 is 0. The third kappa shape index (κ3) is 3.77. The number of hydrogen-bond donors (Lipinski definition) is 1. The van der Waals surface area contributed by atoms with E-state index >= 15 is 0 Å². The van der Waals surface area contributed by atoms with Gasteiger partial charge in [-0.2, -0.15) is 0 Å². The lowest BCUT2D eigenvalue weighted by Crippen LogP contribution is -2.30. The molecule has 3 rings (SSSR count). The Labute approximate surface area is 133 Å². The number of carbonyl (C=O) groups excluding carboxylic acids is 1. The predicted octanol–water partition coefficient (Wildman–Crippen LogP) is 3.75. The van der Waals surface area contributed by atoms with Gasteiger partial charge in [0.15, 0.2) is 11.9 Å². The monoisotopic (exact) mass is 308 g/mol. The molecule has 1 aromatic heterocycles. The molecule has 0 aliphatic rings. The minimum absolute atomic E-state index is 0.286. The Bertz CT molecular complexity index is 753. The van der Waals surface area contributed by atoms with Crippen molar-refractivity contribution in [2.75, 3.05) is 5.32 Å². The van der Waals surface area contributed by atoms with Crippen molar-refractivity contribution >= 4 is 11.7 Å². The molecule has 116 valence electrons. The summed E-state index contributed by atoms with van der Waals surface area (Å²) in [5.41, 5.74) is 2.23. The van der Waals surface area contributed by atoms with Gasteiger partial charge in [-0.3, -0.25) is 4.79 Å². The van der Waals surface area contributed by atoms with E-state index in [9.17, 15) is 4.79 Å². The van der Waals surface area contributed by atoms with Crippen LogP contribution in [0.1, 0.15) is 6.92 Å². The molecule has 2 aromatic carbocycles. The van der Waals surface area contributed by atoms with Crippen LogP contribution in [0.5, 0.6) is 5.75 Å². The van der Waals surface area contributed by atoms with Gasteiger partial charge in [0.05, 0.1) is 0 Å². The Kier molecular flexibility index (Phi) is 4.38. The molecule has 5 heteroatoms. The maximum absolute atomic E-state index is 12.0. The molecule has 0 bridgehead atoms. The highest BCUT2D eigenvalue weighted by Crippen LogP contribution is 2.22. The van der Waals surface area contributed by atoms with Crippen LogP contribution >= 0.6 is 0 Å². The van der Waals surface area contributed by atoms with Gasteiger partial charge in [-0.05, 0) is 30.2 Å². The Morgan fingerprint density at radius 3 is 2.39 bits per heavy atom. The molecule has 0 spiro atoms. The van der Waals surface area contributed by atoms with E-state index in [0.29, 0.717) is 11.6 Å². The van der Waals surface area contributed by atoms with Gasteiger partial charge in [0.25, 0.3) is 5.91 Å². The second-order valence-corrected chi connectivity index (χ2v) is 5.02. The van der Waals surface area contributed by atoms with Crippen LogP contribution in [0.2, 0.25) is 0 Å². The summed E-state index contributed by atoms with van der Waals surface area (Å²) in [5.74, 6) is 0.711. The van der Waals surface area contributed by atoms with E-state index in [4.69, 9.17) is 4.74 Å². The topological polar surface area (TPSA) is 64.4 Å². The van der Waals surface area contributed by atoms with Crippen LogP contribution in [0, 0.1) is 0 Å². The van der Waals surface area contributed by atoms with Crippen LogP contribution in [0.15, 0.2) is 71.4 Å². The second-order valence-electron chi connectivity index (χ2n) is 5.02. The summed E-state index contributed by atoms with van der Waals surface area (Å²) in [6.45, 7) is 1.68. The molecular weight excluding hydrogens is 292 g/mol. The summed E-state index contributed by atoms with van der Waals surface area (Å²) in [6.07, 6.45) is 0.748. The number of rotatable bonds is 5. The van der Waals surface area contributed by atoms with Crippen LogP contribution in [0.3, 0.4) is 0 Å². The van der Waals surface area contributed by atoms with Crippen molar-refractivity contribution in [3.8, 4) is 16.9 Å². The maximum atomic E-state index is 12.0. The Balaban J connectivity index is 1.62. The summed E-state index contributed by atoms with van der Waals surface area (Å²) in [4.78, 5) is 12.0. The molecule has 0 saturated carbocycles. The Morgan fingerprint density at radius 2 is 1.74 bits per heavy atom. The fraction of sp³-hybridized carbons (Fsp3) is 0.111. The van der Waals surface area contributed by atoms with Crippen molar-refractivity contribution in [1.82, 2.24) is 5.16 Å². The van der Waals surface area contributed by atoms with E-state index in [2.05, 4.69) is 15.0 Å². The zero-order valence-corrected chi connectivity index (χ0v) is 12.6. The number of nitrogens with zero attached hydrogens (tertiary/aromatic N) is 1. The van der Waals surface area contributed by atoms with Crippen molar-refractivity contribution < 1.29 is 14.1 Å². The summed E-state index contributed by atoms with van der Waals surface area (Å²) < 4.78 is 10.3. The average Bonchev–Trinajstić information content (AvgIpc) is 3.09. The normalized spacial score (nSPS) is 11.7. The van der Waals surface area contributed by atoms with Crippen molar-refractivity contribution in [1.29, 1.82) is 0 Å². The molecule has 1 N–H and O–H groups in total. The van der Waals surface area contributed by atoms with Gasteiger partial charge in [-0.25, -0.2) is 0 Å². The van der Waals surface area contributed by atoms with E-state index in [-0.39, 0.29) is 5.91 Å². The minimum atomic E-state index is -0.644. The number of ether oxygens (including phenoxy) is 1. The van der Waals surface area contributed by atoms with Crippen molar-refractivity contribution in [2.24, 2.45) is 0 Å². The molecule has 0 saturated heterocycles. The molecule has 0 unspecified atom stereocenters. The molecule has 1 atom stereocenters. The Morgan fingerprint density at radius 1 is 1.04 bits per heavy atom. The quantitative estimate of drug-likeness (QED) is 0.779. The van der Waals surface area contributed by atoms with Crippen LogP contribution in [-0.2, 0) is 4.79 Å². The summed E-state index contributed by atoms with van der Waals surface area (Å²) in [5, 5.41) is 6.24. The smallest absolute Gasteiger partial charge is 0.266 e. The van der Waals surface area contributed by atoms with Gasteiger partial charge < -0.3 is 14.6 Å². The van der Waals surface area contributed by atoms with E-state index in [1.54, 1.807) is 13.0 Å². The van der Waals surface area contributed by atoms with Crippen LogP contribution in [0.4, 0.5) is 5.82 Å². The van der Waals surface area contributed by atoms with E-state index < -0.39 is 6.10 Å². The molecule has 23 heavy (non-hydrogen) atoms. The van der Waals surface area contributed by atoms with Crippen LogP contribution < -0.4 is 10.1 Å². The summed E-state index contributed by atoms with van der Waals surface area (Å²) in [7, 11) is 0. The first kappa shape index (κ1) is 14.8. The number of benzene rings is 2. The highest BCUT2D eigenvalue weighted by Gasteiger charge is 2.15. The van der Waals surface area contributed by atoms with Crippen molar-refractivity contribution in [3.63, 3.8) is 0 Å². The van der Waals surface area contributed by atoms with Crippen LogP contribution in [0.25, 0.3) is 11.1 Å². The summed E-state index contributed by atoms with van der Waals surface area (Å²) in [6, 6.07) is 19.3. The molecule has 1 amide bonds. The molecule has 0 aliphatic heterocycles. The fourth-order valence-corrected chi connectivity index (χ4v) is 2.12. The predicted molar refractivity (Wildman–Crippen MR) is 87.1 cm³/mol. The van der Waals surface area contributed by atoms with Gasteiger partial charge in [0.1, 0.15) is 12.0 Å². The minimum Gasteiger partial charge on any atom is -0.481 e. The number of carbonyl (C=O) groups is 1. The molecule has 5 nitrogen and oxygen atoms in total. The molecule has 0 fully saturated rings. The third-order valence-electron chi connectivity index (χ3n) is 3.33. The average molecular weight is 308 g/mol. The third-order valence-corrected chi connectivity index (χ3v) is 3.33. The zero-order chi connectivity index (χ0) is 16.1. The Hall–Kier alpha value is -3.08. The second kappa shape index (κ2) is 6.79. The van der Waals surface area contributed by atoms with Crippen LogP contribution in [-0.4, -0.2) is 17.2 Å². The number of nitrogens with one attached hydrogen (secondary N) is 1. The molecule has 3 aromatic rings. The zero-order valence-electron chi connectivity index (χ0n) is 12.6. The fourth-order valence-electron chi connectivity index (χ4n) is 2.12. The first-order valence-corrected chi connectivity index (χ1v) is 7.26. The van der Waals surface area contributed by atoms with E-state index in [1.165, 1.54) is 6.26 Å². The highest BCUT2D eigenvalue weighted by molar-refractivity contribution is 5.93. The highest BCUT2D eigenvalue weighted by atomic mass is 16.5. The lowest BCUT2D eigenvalue weighted by atomic mass is 10.1. The lowest BCUT2D eigenvalue weighted by Gasteiger charge is -2.14. The molecular formula is C18H16N2O3. The first-order valence-electron chi connectivity index (χ1n) is 7.26. The van der Waals surface area contributed by atoms with Gasteiger partial charge in [-0.1, -0.05) is 47.6 Å². The van der Waals surface area contributed by atoms with Crippen molar-refractivity contribution in [3.05, 3.63) is 66.9 Å². The van der Waals surface area contributed by atoms with Crippen molar-refractivity contribution in [2.45, 2.75) is 13.0 Å². The standard InChI is InChI=1S/C18H16N2O3/c1-13(18(21)19-17-11-12-22-20-17)23-16-9-7-15(8-10-16)14-5-3-2-4-6-14/h2-13H,1H3,(H,19,20,21)/t13-/m0/s1. The number of aromatic nitrogens is 1. The number of amides is 1. The van der Waals surface area contributed by atoms with Gasteiger partial charge >= 0.3 is 0 Å². The molecule has 0 radical (unpaired) electrons. The number of hydrogen-bond acceptors (Lipinski definition) is 4. The molecule has 1 heterocycles. The SMILES string of the molecule is C[C@H](Oc1ccc(-c2ccccc2)cc1)C(=O)Nc1ccon1. The van der Waals surface area contributed by atoms with Gasteiger partial charge in [0.2, 0.25) is 0 Å². The van der Waals surface area contributed by atoms with E-state index in [1.807, 2.05) is 54.6 Å². The number of anilines is 1.